The van der Waals surface area contributed by atoms with E-state index >= 15 is 0 Å². The first-order valence-corrected chi connectivity index (χ1v) is 9.78. The maximum atomic E-state index is 13.7. The molecule has 0 bridgehead atoms. The van der Waals surface area contributed by atoms with E-state index in [1.54, 1.807) is 18.2 Å². The first-order valence-electron chi connectivity index (χ1n) is 9.78. The van der Waals surface area contributed by atoms with Crippen molar-refractivity contribution in [2.75, 3.05) is 32.7 Å². The second-order valence-corrected chi connectivity index (χ2v) is 7.17. The first-order chi connectivity index (χ1) is 15.3. The Bertz CT molecular complexity index is 1050. The van der Waals surface area contributed by atoms with Crippen LogP contribution in [0.4, 0.5) is 14.5 Å². The lowest BCUT2D eigenvalue weighted by Crippen LogP contribution is -2.42. The van der Waals surface area contributed by atoms with Crippen LogP contribution in [0.25, 0.3) is 0 Å². The van der Waals surface area contributed by atoms with Crippen molar-refractivity contribution >= 4 is 23.4 Å². The molecular weight excluding hydrogens is 424 g/mol. The number of anilines is 1. The highest BCUT2D eigenvalue weighted by Gasteiger charge is 2.37. The third kappa shape index (κ3) is 4.63. The van der Waals surface area contributed by atoms with E-state index in [-0.39, 0.29) is 24.4 Å². The number of carbonyl (C=O) groups is 3. The smallest absolute Gasteiger partial charge is 0.246 e. The van der Waals surface area contributed by atoms with Gasteiger partial charge in [0.05, 0.1) is 20.1 Å². The van der Waals surface area contributed by atoms with Gasteiger partial charge >= 0.3 is 0 Å². The Labute approximate surface area is 183 Å². The van der Waals surface area contributed by atoms with Crippen molar-refractivity contribution in [1.29, 1.82) is 0 Å². The number of benzene rings is 2. The fourth-order valence-electron chi connectivity index (χ4n) is 3.52. The molecule has 2 aromatic rings. The monoisotopic (exact) mass is 447 g/mol. The molecule has 2 atom stereocenters. The van der Waals surface area contributed by atoms with Gasteiger partial charge in [-0.2, -0.15) is 0 Å². The van der Waals surface area contributed by atoms with Crippen LogP contribution in [0.5, 0.6) is 11.5 Å². The van der Waals surface area contributed by atoms with E-state index in [0.29, 0.717) is 17.2 Å². The molecule has 0 saturated carbocycles. The molecule has 32 heavy (non-hydrogen) atoms. The summed E-state index contributed by atoms with van der Waals surface area (Å²) in [5, 5.41) is 4.93. The van der Waals surface area contributed by atoms with Crippen LogP contribution in [0.1, 0.15) is 18.0 Å². The number of hydrogen-bond acceptors (Lipinski definition) is 5. The Kier molecular flexibility index (Phi) is 6.92. The summed E-state index contributed by atoms with van der Waals surface area (Å²) in [4.78, 5) is 39.2. The molecule has 3 rings (SSSR count). The van der Waals surface area contributed by atoms with Crippen molar-refractivity contribution in [1.82, 2.24) is 10.6 Å². The van der Waals surface area contributed by atoms with Crippen LogP contribution in [0.15, 0.2) is 36.4 Å². The van der Waals surface area contributed by atoms with E-state index in [0.717, 1.165) is 12.1 Å². The minimum absolute atomic E-state index is 0.0710. The summed E-state index contributed by atoms with van der Waals surface area (Å²) in [5.41, 5.74) is 0.615. The molecule has 0 aliphatic carbocycles. The lowest BCUT2D eigenvalue weighted by molar-refractivity contribution is -0.131. The van der Waals surface area contributed by atoms with Gasteiger partial charge in [-0.15, -0.1) is 0 Å². The zero-order valence-corrected chi connectivity index (χ0v) is 17.8. The third-order valence-corrected chi connectivity index (χ3v) is 5.25. The Balaban J connectivity index is 1.78. The van der Waals surface area contributed by atoms with Crippen molar-refractivity contribution in [3.8, 4) is 11.5 Å². The summed E-state index contributed by atoms with van der Waals surface area (Å²) in [6.07, 6.45) is -0.0710. The van der Waals surface area contributed by atoms with Crippen LogP contribution in [0.3, 0.4) is 0 Å². The molecule has 8 nitrogen and oxygen atoms in total. The predicted molar refractivity (Wildman–Crippen MR) is 111 cm³/mol. The number of likely N-dealkylation sites (N-methyl/N-ethyl adjacent to an activating group) is 1. The van der Waals surface area contributed by atoms with Crippen molar-refractivity contribution < 1.29 is 32.6 Å². The highest BCUT2D eigenvalue weighted by atomic mass is 19.2. The summed E-state index contributed by atoms with van der Waals surface area (Å²) in [7, 11) is 4.33. The van der Waals surface area contributed by atoms with Gasteiger partial charge in [-0.05, 0) is 29.8 Å². The van der Waals surface area contributed by atoms with E-state index in [1.165, 1.54) is 32.2 Å². The summed E-state index contributed by atoms with van der Waals surface area (Å²) in [6, 6.07) is 6.66. The predicted octanol–water partition coefficient (Wildman–Crippen LogP) is 1.94. The van der Waals surface area contributed by atoms with Crippen molar-refractivity contribution in [2.24, 2.45) is 5.92 Å². The minimum atomic E-state index is -1.24. The van der Waals surface area contributed by atoms with Crippen molar-refractivity contribution in [3.05, 3.63) is 53.6 Å². The van der Waals surface area contributed by atoms with Gasteiger partial charge in [-0.25, -0.2) is 8.78 Å². The quantitative estimate of drug-likeness (QED) is 0.676. The third-order valence-electron chi connectivity index (χ3n) is 5.25. The van der Waals surface area contributed by atoms with E-state index in [4.69, 9.17) is 9.47 Å². The van der Waals surface area contributed by atoms with Gasteiger partial charge in [0.1, 0.15) is 6.04 Å². The number of methoxy groups -OCH3 is 2. The molecule has 0 spiro atoms. The van der Waals surface area contributed by atoms with Crippen molar-refractivity contribution in [3.63, 3.8) is 0 Å². The number of nitrogens with zero attached hydrogens (tertiary/aromatic N) is 1. The highest BCUT2D eigenvalue weighted by Crippen LogP contribution is 2.34. The number of ether oxygens (including phenoxy) is 2. The molecule has 0 radical (unpaired) electrons. The van der Waals surface area contributed by atoms with Gasteiger partial charge in [0, 0.05) is 31.8 Å². The van der Waals surface area contributed by atoms with E-state index in [2.05, 4.69) is 10.6 Å². The van der Waals surface area contributed by atoms with Gasteiger partial charge in [0.2, 0.25) is 17.7 Å². The molecule has 0 aromatic heterocycles. The normalized spacial score (nSPS) is 16.5. The molecule has 10 heteroatoms. The molecule has 1 aliphatic rings. The lowest BCUT2D eigenvalue weighted by Gasteiger charge is -2.21. The summed E-state index contributed by atoms with van der Waals surface area (Å²) >= 11 is 0. The van der Waals surface area contributed by atoms with Crippen molar-refractivity contribution in [2.45, 2.75) is 12.5 Å². The standard InChI is InChI=1S/C22H23F2N3O5/c1-25-22(30)20(12-4-6-15(23)16(24)8-12)26-21(29)13-9-19(28)27(11-13)14-5-7-17(31-2)18(10-14)32-3/h4-8,10,13,20H,9,11H2,1-3H3,(H,25,30)(H,26,29). The summed E-state index contributed by atoms with van der Waals surface area (Å²) < 4.78 is 37.4. The molecule has 1 saturated heterocycles. The average Bonchev–Trinajstić information content (AvgIpc) is 3.19. The largest absolute Gasteiger partial charge is 0.493 e. The Morgan fingerprint density at radius 1 is 1.06 bits per heavy atom. The molecule has 1 fully saturated rings. The van der Waals surface area contributed by atoms with Gasteiger partial charge < -0.3 is 25.0 Å². The van der Waals surface area contributed by atoms with Gasteiger partial charge in [-0.1, -0.05) is 6.07 Å². The zero-order valence-electron chi connectivity index (χ0n) is 17.8. The van der Waals surface area contributed by atoms with Crippen LogP contribution < -0.4 is 25.0 Å². The molecule has 1 heterocycles. The topological polar surface area (TPSA) is 97.0 Å². The molecule has 170 valence electrons. The molecule has 2 unspecified atom stereocenters. The van der Waals surface area contributed by atoms with E-state index < -0.39 is 35.4 Å². The van der Waals surface area contributed by atoms with Crippen LogP contribution in [-0.4, -0.2) is 45.5 Å². The van der Waals surface area contributed by atoms with Gasteiger partial charge in [0.25, 0.3) is 0 Å². The number of hydrogen-bond donors (Lipinski definition) is 2. The lowest BCUT2D eigenvalue weighted by atomic mass is 10.0. The van der Waals surface area contributed by atoms with E-state index in [1.807, 2.05) is 0 Å². The molecule has 3 amide bonds. The van der Waals surface area contributed by atoms with Crippen LogP contribution in [0.2, 0.25) is 0 Å². The second-order valence-electron chi connectivity index (χ2n) is 7.17. The number of rotatable bonds is 7. The SMILES string of the molecule is CNC(=O)C(NC(=O)C1CC(=O)N(c2ccc(OC)c(OC)c2)C1)c1ccc(F)c(F)c1. The fourth-order valence-corrected chi connectivity index (χ4v) is 3.52. The summed E-state index contributed by atoms with van der Waals surface area (Å²) in [5.74, 6) is -3.45. The van der Waals surface area contributed by atoms with E-state index in [9.17, 15) is 23.2 Å². The van der Waals surface area contributed by atoms with Crippen LogP contribution >= 0.6 is 0 Å². The molecule has 2 N–H and O–H groups in total. The Morgan fingerprint density at radius 2 is 1.78 bits per heavy atom. The molecule has 1 aliphatic heterocycles. The van der Waals surface area contributed by atoms with Gasteiger partial charge in [-0.3, -0.25) is 14.4 Å². The number of amides is 3. The highest BCUT2D eigenvalue weighted by molar-refractivity contribution is 6.01. The van der Waals surface area contributed by atoms with Crippen LogP contribution in [0, 0.1) is 17.6 Å². The second kappa shape index (κ2) is 9.63. The Hall–Kier alpha value is -3.69. The molecular formula is C22H23F2N3O5. The Morgan fingerprint density at radius 3 is 2.41 bits per heavy atom. The summed E-state index contributed by atoms with van der Waals surface area (Å²) in [6.45, 7) is 0.0817. The maximum Gasteiger partial charge on any atom is 0.246 e. The fraction of sp³-hybridized carbons (Fsp3) is 0.318. The average molecular weight is 447 g/mol. The van der Waals surface area contributed by atoms with Gasteiger partial charge in [0.15, 0.2) is 23.1 Å². The number of halogens is 2. The first kappa shape index (κ1) is 23.0. The van der Waals surface area contributed by atoms with Crippen LogP contribution in [-0.2, 0) is 14.4 Å². The zero-order chi connectivity index (χ0) is 23.4. The number of nitrogens with one attached hydrogen (secondary N) is 2. The number of carbonyl (C=O) groups excluding carboxylic acids is 3. The maximum absolute atomic E-state index is 13.7. The minimum Gasteiger partial charge on any atom is -0.493 e. The molecule has 2 aromatic carbocycles.